The third-order valence-electron chi connectivity index (χ3n) is 4.07. The molecule has 1 aromatic rings. The second kappa shape index (κ2) is 7.57. The van der Waals surface area contributed by atoms with E-state index < -0.39 is 6.10 Å². The summed E-state index contributed by atoms with van der Waals surface area (Å²) in [5.41, 5.74) is 1.22. The molecule has 0 aliphatic heterocycles. The van der Waals surface area contributed by atoms with E-state index in [-0.39, 0.29) is 17.9 Å². The van der Waals surface area contributed by atoms with Crippen LogP contribution in [0.5, 0.6) is 0 Å². The highest BCUT2D eigenvalue weighted by Crippen LogP contribution is 2.25. The normalized spacial score (nSPS) is 23.2. The van der Waals surface area contributed by atoms with Crippen LogP contribution in [-0.4, -0.2) is 48.7 Å². The Morgan fingerprint density at radius 3 is 2.62 bits per heavy atom. The highest BCUT2D eigenvalue weighted by atomic mass is 16.3. The monoisotopic (exact) mass is 290 g/mol. The molecule has 0 bridgehead atoms. The summed E-state index contributed by atoms with van der Waals surface area (Å²) >= 11 is 0. The van der Waals surface area contributed by atoms with Gasteiger partial charge in [-0.1, -0.05) is 30.3 Å². The van der Waals surface area contributed by atoms with E-state index in [0.717, 1.165) is 32.2 Å². The molecule has 2 rings (SSSR count). The minimum atomic E-state index is -0.471. The van der Waals surface area contributed by atoms with Crippen molar-refractivity contribution in [3.63, 3.8) is 0 Å². The zero-order chi connectivity index (χ0) is 15.2. The molecule has 0 spiro atoms. The van der Waals surface area contributed by atoms with Crippen LogP contribution in [0.15, 0.2) is 30.3 Å². The van der Waals surface area contributed by atoms with Crippen LogP contribution in [0.4, 0.5) is 0 Å². The van der Waals surface area contributed by atoms with Crippen molar-refractivity contribution in [1.29, 1.82) is 0 Å². The van der Waals surface area contributed by atoms with Crippen molar-refractivity contribution in [3.05, 3.63) is 35.9 Å². The fraction of sp³-hybridized carbons (Fsp3) is 0.588. The van der Waals surface area contributed by atoms with E-state index in [1.165, 1.54) is 5.56 Å². The summed E-state index contributed by atoms with van der Waals surface area (Å²) in [5.74, 6) is -0.229. The summed E-state index contributed by atoms with van der Waals surface area (Å²) in [6.07, 6.45) is 2.83. The van der Waals surface area contributed by atoms with Crippen LogP contribution in [0.2, 0.25) is 0 Å². The quantitative estimate of drug-likeness (QED) is 0.833. The lowest BCUT2D eigenvalue weighted by Crippen LogP contribution is -2.46. The van der Waals surface area contributed by atoms with E-state index in [0.29, 0.717) is 0 Å². The molecule has 0 heterocycles. The second-order valence-electron chi connectivity index (χ2n) is 6.26. The smallest absolute Gasteiger partial charge is 0.225 e. The van der Waals surface area contributed by atoms with Gasteiger partial charge in [0.05, 0.1) is 12.0 Å². The molecule has 116 valence electrons. The largest absolute Gasteiger partial charge is 0.392 e. The number of rotatable bonds is 6. The first-order valence-electron chi connectivity index (χ1n) is 7.73. The second-order valence-corrected chi connectivity index (χ2v) is 6.26. The van der Waals surface area contributed by atoms with Crippen LogP contribution in [-0.2, 0) is 11.2 Å². The van der Waals surface area contributed by atoms with Gasteiger partial charge < -0.3 is 15.3 Å². The van der Waals surface area contributed by atoms with E-state index in [9.17, 15) is 9.90 Å². The lowest BCUT2D eigenvalue weighted by molar-refractivity contribution is -0.128. The number of aliphatic hydroxyl groups is 1. The Morgan fingerprint density at radius 2 is 2.05 bits per heavy atom. The van der Waals surface area contributed by atoms with Crippen LogP contribution in [0.25, 0.3) is 0 Å². The van der Waals surface area contributed by atoms with E-state index in [1.54, 1.807) is 0 Å². The van der Waals surface area contributed by atoms with Crippen molar-refractivity contribution in [3.8, 4) is 0 Å². The number of carbonyl (C=O) groups excluding carboxylic acids is 1. The van der Waals surface area contributed by atoms with E-state index in [4.69, 9.17) is 0 Å². The predicted octanol–water partition coefficient (Wildman–Crippen LogP) is 1.44. The number of aliphatic hydroxyl groups excluding tert-OH is 1. The Hall–Kier alpha value is -1.39. The van der Waals surface area contributed by atoms with Crippen molar-refractivity contribution < 1.29 is 9.90 Å². The van der Waals surface area contributed by atoms with Gasteiger partial charge in [0.15, 0.2) is 0 Å². The number of hydrogen-bond donors (Lipinski definition) is 2. The highest BCUT2D eigenvalue weighted by molar-refractivity contribution is 5.79. The first-order chi connectivity index (χ1) is 10.1. The Bertz CT molecular complexity index is 447. The maximum atomic E-state index is 12.3. The molecule has 4 heteroatoms. The van der Waals surface area contributed by atoms with Crippen molar-refractivity contribution in [2.45, 2.75) is 37.8 Å². The molecule has 0 aromatic heterocycles. The molecule has 0 radical (unpaired) electrons. The van der Waals surface area contributed by atoms with Crippen molar-refractivity contribution in [1.82, 2.24) is 10.2 Å². The summed E-state index contributed by atoms with van der Waals surface area (Å²) < 4.78 is 0. The topological polar surface area (TPSA) is 52.6 Å². The van der Waals surface area contributed by atoms with Crippen molar-refractivity contribution >= 4 is 5.91 Å². The van der Waals surface area contributed by atoms with Gasteiger partial charge in [0.25, 0.3) is 0 Å². The summed E-state index contributed by atoms with van der Waals surface area (Å²) in [6.45, 7) is 0.795. The van der Waals surface area contributed by atoms with Gasteiger partial charge in [0.1, 0.15) is 0 Å². The standard InChI is InChI=1S/C17H26N2O2/c1-19(2)12-14(11-13-7-4-3-5-8-13)18-17(21)15-9-6-10-16(15)20/h3-5,7-8,14-16,20H,6,9-12H2,1-2H3,(H,18,21). The highest BCUT2D eigenvalue weighted by Gasteiger charge is 2.32. The van der Waals surface area contributed by atoms with Gasteiger partial charge in [0.2, 0.25) is 5.91 Å². The zero-order valence-electron chi connectivity index (χ0n) is 13.0. The minimum Gasteiger partial charge on any atom is -0.392 e. The third-order valence-corrected chi connectivity index (χ3v) is 4.07. The van der Waals surface area contributed by atoms with E-state index >= 15 is 0 Å². The van der Waals surface area contributed by atoms with Gasteiger partial charge in [-0.25, -0.2) is 0 Å². The fourth-order valence-electron chi connectivity index (χ4n) is 3.06. The molecule has 3 unspecified atom stereocenters. The molecule has 1 aliphatic carbocycles. The lowest BCUT2D eigenvalue weighted by Gasteiger charge is -2.25. The number of amides is 1. The van der Waals surface area contributed by atoms with Gasteiger partial charge in [-0.15, -0.1) is 0 Å². The molecular formula is C17H26N2O2. The molecule has 1 amide bonds. The Kier molecular flexibility index (Phi) is 5.76. The minimum absolute atomic E-state index is 0.00258. The summed E-state index contributed by atoms with van der Waals surface area (Å²) in [7, 11) is 4.02. The number of nitrogens with zero attached hydrogens (tertiary/aromatic N) is 1. The van der Waals surface area contributed by atoms with Gasteiger partial charge >= 0.3 is 0 Å². The van der Waals surface area contributed by atoms with Gasteiger partial charge in [-0.05, 0) is 45.3 Å². The van der Waals surface area contributed by atoms with Crippen LogP contribution < -0.4 is 5.32 Å². The SMILES string of the molecule is CN(C)CC(Cc1ccccc1)NC(=O)C1CCCC1O. The molecule has 1 aliphatic rings. The van der Waals surface area contributed by atoms with Crippen LogP contribution in [0.3, 0.4) is 0 Å². The average molecular weight is 290 g/mol. The number of carbonyl (C=O) groups is 1. The molecule has 4 nitrogen and oxygen atoms in total. The Balaban J connectivity index is 1.97. The van der Waals surface area contributed by atoms with Gasteiger partial charge in [0, 0.05) is 12.6 Å². The number of hydrogen-bond acceptors (Lipinski definition) is 3. The molecule has 3 atom stereocenters. The average Bonchev–Trinajstić information content (AvgIpc) is 2.85. The summed E-state index contributed by atoms with van der Waals surface area (Å²) in [5, 5.41) is 13.0. The summed E-state index contributed by atoms with van der Waals surface area (Å²) in [4.78, 5) is 14.4. The van der Waals surface area contributed by atoms with Gasteiger partial charge in [-0.2, -0.15) is 0 Å². The van der Waals surface area contributed by atoms with Crippen LogP contribution >= 0.6 is 0 Å². The number of likely N-dealkylation sites (N-methyl/N-ethyl adjacent to an activating group) is 1. The van der Waals surface area contributed by atoms with E-state index in [1.807, 2.05) is 32.3 Å². The maximum absolute atomic E-state index is 12.3. The first kappa shape index (κ1) is 16.0. The van der Waals surface area contributed by atoms with Crippen molar-refractivity contribution in [2.24, 2.45) is 5.92 Å². The molecule has 21 heavy (non-hydrogen) atoms. The number of nitrogens with one attached hydrogen (secondary N) is 1. The van der Waals surface area contributed by atoms with Crippen LogP contribution in [0.1, 0.15) is 24.8 Å². The van der Waals surface area contributed by atoms with Crippen LogP contribution in [0, 0.1) is 5.92 Å². The zero-order valence-corrected chi connectivity index (χ0v) is 13.0. The molecule has 2 N–H and O–H groups in total. The third kappa shape index (κ3) is 4.83. The lowest BCUT2D eigenvalue weighted by atomic mass is 10.0. The predicted molar refractivity (Wildman–Crippen MR) is 84.0 cm³/mol. The maximum Gasteiger partial charge on any atom is 0.225 e. The van der Waals surface area contributed by atoms with Gasteiger partial charge in [-0.3, -0.25) is 4.79 Å². The molecule has 1 saturated carbocycles. The Labute approximate surface area is 127 Å². The first-order valence-corrected chi connectivity index (χ1v) is 7.73. The molecule has 0 saturated heterocycles. The molecular weight excluding hydrogens is 264 g/mol. The summed E-state index contributed by atoms with van der Waals surface area (Å²) in [6, 6.07) is 10.3. The van der Waals surface area contributed by atoms with Crippen molar-refractivity contribution in [2.75, 3.05) is 20.6 Å². The fourth-order valence-corrected chi connectivity index (χ4v) is 3.06. The van der Waals surface area contributed by atoms with E-state index in [2.05, 4.69) is 22.3 Å². The molecule has 1 aromatic carbocycles. The number of benzene rings is 1. The Morgan fingerprint density at radius 1 is 1.33 bits per heavy atom. The molecule has 1 fully saturated rings.